The summed E-state index contributed by atoms with van der Waals surface area (Å²) in [7, 11) is 0. The Labute approximate surface area is 872 Å². The molecule has 762 valence electrons. The van der Waals surface area contributed by atoms with Crippen molar-refractivity contribution in [3.8, 4) is 28.4 Å². The molecule has 1 aliphatic carbocycles. The lowest BCUT2D eigenvalue weighted by atomic mass is 10.1. The van der Waals surface area contributed by atoms with Gasteiger partial charge in [-0.1, -0.05) is 189 Å². The van der Waals surface area contributed by atoms with E-state index < -0.39 is 28.5 Å². The number of fused-ring (bicyclic) bond motifs is 5. The lowest BCUT2D eigenvalue weighted by Crippen LogP contribution is -2.31. The summed E-state index contributed by atoms with van der Waals surface area (Å²) in [5, 5.41) is 21.1. The number of aryl methyl sites for hydroxylation is 4. The van der Waals surface area contributed by atoms with Crippen molar-refractivity contribution in [2.75, 3.05) is 45.4 Å². The van der Waals surface area contributed by atoms with E-state index in [-0.39, 0.29) is 70.3 Å². The molecule has 21 rings (SSSR count). The molecular formula is C119H115F3N18O9S. The Bertz CT molecular complexity index is 8580. The van der Waals surface area contributed by atoms with Gasteiger partial charge in [0.15, 0.2) is 61.2 Å². The van der Waals surface area contributed by atoms with E-state index in [1.165, 1.54) is 24.8 Å². The molecule has 20 aromatic rings. The van der Waals surface area contributed by atoms with Crippen molar-refractivity contribution in [2.24, 2.45) is 5.73 Å². The molecule has 1 fully saturated rings. The Morgan fingerprint density at radius 2 is 0.593 bits per heavy atom. The number of para-hydroxylation sites is 10. The van der Waals surface area contributed by atoms with E-state index in [0.29, 0.717) is 126 Å². The Kier molecular flexibility index (Phi) is 31.5. The minimum atomic E-state index is -4.69. The van der Waals surface area contributed by atoms with Gasteiger partial charge in [-0.3, -0.25) is 66.0 Å². The van der Waals surface area contributed by atoms with Gasteiger partial charge >= 0.3 is 6.18 Å². The van der Waals surface area contributed by atoms with Crippen LogP contribution in [0.25, 0.3) is 83.6 Å². The molecule has 10 heterocycles. The molecule has 0 atom stereocenters. The molecule has 0 unspecified atom stereocenters. The zero-order valence-corrected chi connectivity index (χ0v) is 83.8. The quantitative estimate of drug-likeness (QED) is 0.0218. The van der Waals surface area contributed by atoms with Crippen LogP contribution in [0, 0.1) is 27.7 Å². The smallest absolute Gasteiger partial charge is 0.364 e. The maximum absolute atomic E-state index is 13.9. The lowest BCUT2D eigenvalue weighted by Gasteiger charge is -2.21. The maximum Gasteiger partial charge on any atom is 0.417 e. The van der Waals surface area contributed by atoms with E-state index >= 15 is 0 Å². The second kappa shape index (κ2) is 46.1. The largest absolute Gasteiger partial charge is 0.417 e. The number of nitrogens with two attached hydrogens (primary N) is 1. The van der Waals surface area contributed by atoms with E-state index in [9.17, 15) is 56.3 Å². The molecule has 1 aliphatic rings. The maximum atomic E-state index is 13.9. The van der Waals surface area contributed by atoms with Gasteiger partial charge in [0.05, 0.1) is 37.5 Å². The first-order chi connectivity index (χ1) is 72.6. The van der Waals surface area contributed by atoms with Crippen LogP contribution in [-0.2, 0) is 6.18 Å². The number of amides is 3. The number of Topliss-reactive ketones (excluding diaryl/α,β-unsaturated/α-hetero) is 1. The monoisotopic (exact) mass is 2030 g/mol. The first kappa shape index (κ1) is 103. The van der Waals surface area contributed by atoms with Gasteiger partial charge in [-0.05, 0) is 234 Å². The molecule has 0 radical (unpaired) electrons. The number of hydrogen-bond donors (Lipinski definition) is 7. The van der Waals surface area contributed by atoms with Crippen LogP contribution in [0.5, 0.6) is 0 Å². The number of hydrogen-bond acceptors (Lipinski definition) is 20. The summed E-state index contributed by atoms with van der Waals surface area (Å²) in [5.41, 5.74) is 16.8. The second-order valence-corrected chi connectivity index (χ2v) is 36.4. The number of pyridine rings is 10. The SMILES string of the molecule is CC(=O)c1cc(C)c2c(=O)cc(Nc3ccccc3)n(-c3ccccc3)c2n1.CCN(CC)C(=O)c1cc(C)c2c(=O)cc(Nc3ccccc3)n(-c3ccccc3)c2n1.CCSc1cc(C(F)(F)F)c2c(=O)cc(Nc3ccccc3)n(-c3ccccc3)c2n1.Cc1cc(C(=O)NC2CC2)nc2c1c(=O)cc(Nc1ccccc1)n2-c1ccccc1.Cc1cc(C(N)=O)nc2c1c(=O)cc(Nc1ccccc1)n2-c1ccccc1.[HH].[HH].[HH].[HH].[HH].[HH]. The standard InChI is InChI=1S/C26H26N4O2.C25H22N4O2.C23H18F3N3OS.C23H19N3O2.C22H18N4O2.6H2/c1-4-29(5-2)26(32)21-16-18(3)24-22(31)17-23(27-19-12-8-6-9-13-19)30(25(24)28-21)20-14-10-7-11-15-20;1-16-14-20(25(31)27-18-12-13-18)28-24-23(16)21(30)15-22(26-17-8-4-2-5-9-17)29(24)19-10-6-3-7-11-19;1-2-31-20-13-17(23(24,25)26)21-18(30)14-19(27-15-9-5-3-6-10-15)29(22(21)28-20)16-11-7-4-8-12-16;1-15-13-19(16(2)27)25-23-22(15)20(28)14-21(24-17-9-5-3-6-10-17)26(23)18-11-7-4-8-12-18;1-14-12-17(21(23)28)25-22-20(14)18(27)13-19(24-15-8-4-2-5-9-15)26(22)16-10-6-3-7-11-16;;;;;;/h6-17,27H,4-5H2,1-3H3;2-11,14-15,18,26H,12-13H2,1H3,(H,27,31);3-14,27H,2H2,1H3;3-14,24H,1-2H3;2-13,24H,1H3,(H2,23,28);6*1H. The molecule has 10 aromatic carbocycles. The minimum absolute atomic E-state index is 0. The lowest BCUT2D eigenvalue weighted by molar-refractivity contribution is -0.136. The summed E-state index contributed by atoms with van der Waals surface area (Å²) >= 11 is 1.19. The summed E-state index contributed by atoms with van der Waals surface area (Å²) in [6.07, 6.45) is -2.69. The van der Waals surface area contributed by atoms with E-state index in [2.05, 4.69) is 51.8 Å². The number of aromatic nitrogens is 10. The van der Waals surface area contributed by atoms with Crippen molar-refractivity contribution in [1.82, 2.24) is 58.0 Å². The van der Waals surface area contributed by atoms with E-state index in [4.69, 9.17) is 10.7 Å². The molecule has 31 heteroatoms. The second-order valence-electron chi connectivity index (χ2n) is 35.2. The molecule has 0 aliphatic heterocycles. The van der Waals surface area contributed by atoms with Crippen molar-refractivity contribution >= 4 is 148 Å². The van der Waals surface area contributed by atoms with Crippen LogP contribution in [0.3, 0.4) is 0 Å². The number of alkyl halides is 3. The van der Waals surface area contributed by atoms with Crippen LogP contribution in [-0.4, -0.2) is 101 Å². The molecule has 0 saturated heterocycles. The molecule has 3 amide bonds. The van der Waals surface area contributed by atoms with Crippen molar-refractivity contribution in [3.05, 3.63) is 466 Å². The molecule has 10 aromatic heterocycles. The topological polar surface area (TPSA) is 344 Å². The highest BCUT2D eigenvalue weighted by Gasteiger charge is 2.37. The molecular weight excluding hydrogens is 1910 g/mol. The average Bonchev–Trinajstić information content (AvgIpc) is 0.853. The van der Waals surface area contributed by atoms with Crippen molar-refractivity contribution in [2.45, 2.75) is 85.5 Å². The minimum Gasteiger partial charge on any atom is -0.364 e. The third-order valence-corrected chi connectivity index (χ3v) is 25.3. The van der Waals surface area contributed by atoms with Crippen LogP contribution in [0.15, 0.2) is 393 Å². The van der Waals surface area contributed by atoms with Gasteiger partial charge in [-0.15, -0.1) is 11.8 Å². The van der Waals surface area contributed by atoms with Gasteiger partial charge in [0.1, 0.15) is 51.9 Å². The van der Waals surface area contributed by atoms with Crippen LogP contribution in [0.4, 0.5) is 70.7 Å². The number of rotatable bonds is 24. The van der Waals surface area contributed by atoms with Crippen molar-refractivity contribution in [3.63, 3.8) is 0 Å². The summed E-state index contributed by atoms with van der Waals surface area (Å²) in [6.45, 7) is 15.7. The number of nitrogens with zero attached hydrogens (tertiary/aromatic N) is 11. The number of benzene rings is 10. The average molecular weight is 2030 g/mol. The first-order valence-electron chi connectivity index (χ1n) is 48.5. The molecule has 27 nitrogen and oxygen atoms in total. The van der Waals surface area contributed by atoms with Gasteiger partial charge in [0.25, 0.3) is 17.7 Å². The Morgan fingerprint density at radius 1 is 0.347 bits per heavy atom. The molecule has 8 N–H and O–H groups in total. The van der Waals surface area contributed by atoms with Gasteiger partial charge in [0, 0.05) is 122 Å². The zero-order chi connectivity index (χ0) is 105. The number of carbonyl (C=O) groups excluding carboxylic acids is 4. The van der Waals surface area contributed by atoms with Gasteiger partial charge in [-0.25, -0.2) is 24.9 Å². The van der Waals surface area contributed by atoms with Crippen molar-refractivity contribution < 1.29 is 40.9 Å². The number of anilines is 10. The van der Waals surface area contributed by atoms with Crippen LogP contribution in [0.2, 0.25) is 0 Å². The number of thioether (sulfide) groups is 1. The van der Waals surface area contributed by atoms with Gasteiger partial charge < -0.3 is 42.5 Å². The summed E-state index contributed by atoms with van der Waals surface area (Å²) in [6, 6.07) is 110. The highest BCUT2D eigenvalue weighted by molar-refractivity contribution is 7.99. The summed E-state index contributed by atoms with van der Waals surface area (Å²) in [5.74, 6) is 2.04. The summed E-state index contributed by atoms with van der Waals surface area (Å²) in [4.78, 5) is 139. The number of halogens is 3. The van der Waals surface area contributed by atoms with E-state index in [0.717, 1.165) is 81.1 Å². The van der Waals surface area contributed by atoms with Crippen LogP contribution in [0.1, 0.15) is 119 Å². The van der Waals surface area contributed by atoms with Crippen molar-refractivity contribution in [1.29, 1.82) is 0 Å². The Balaban J connectivity index is 0.000000182. The number of nitrogens with one attached hydrogen (secondary N) is 6. The molecule has 150 heavy (non-hydrogen) atoms. The highest BCUT2D eigenvalue weighted by Crippen LogP contribution is 2.39. The zero-order valence-electron chi connectivity index (χ0n) is 83.0. The predicted molar refractivity (Wildman–Crippen MR) is 605 cm³/mol. The van der Waals surface area contributed by atoms with E-state index in [1.807, 2.05) is 339 Å². The molecule has 1 saturated carbocycles. The third kappa shape index (κ3) is 23.4. The van der Waals surface area contributed by atoms with Crippen LogP contribution < -0.4 is 64.8 Å². The fourth-order valence-electron chi connectivity index (χ4n) is 17.4. The fourth-order valence-corrected chi connectivity index (χ4v) is 18.1. The van der Waals surface area contributed by atoms with Gasteiger partial charge in [-0.2, -0.15) is 13.2 Å². The molecule has 0 bridgehead atoms. The number of ketones is 1. The first-order valence-corrected chi connectivity index (χ1v) is 49.5. The predicted octanol–water partition coefficient (Wildman–Crippen LogP) is 25.2. The number of carbonyl (C=O) groups is 4. The number of primary amides is 1. The fraction of sp³-hybridized carbons (Fsp3) is 0.126. The van der Waals surface area contributed by atoms with Crippen LogP contribution >= 0.6 is 11.8 Å². The highest BCUT2D eigenvalue weighted by atomic mass is 32.2. The third-order valence-electron chi connectivity index (χ3n) is 24.5. The summed E-state index contributed by atoms with van der Waals surface area (Å²) < 4.78 is 50.7. The molecule has 0 spiro atoms. The normalized spacial score (nSPS) is 11.5. The Morgan fingerprint density at radius 3 is 0.860 bits per heavy atom. The van der Waals surface area contributed by atoms with Gasteiger partial charge in [0.2, 0.25) is 0 Å². The van der Waals surface area contributed by atoms with E-state index in [1.54, 1.807) is 89.2 Å². The Hall–Kier alpha value is -18.8.